The molecule has 0 saturated heterocycles. The van der Waals surface area contributed by atoms with Gasteiger partial charge in [0.05, 0.1) is 12.0 Å². The van der Waals surface area contributed by atoms with Crippen LogP contribution in [0.25, 0.3) is 0 Å². The summed E-state index contributed by atoms with van der Waals surface area (Å²) >= 11 is 3.38. The maximum atomic E-state index is 12.8. The van der Waals surface area contributed by atoms with Crippen LogP contribution in [0.15, 0.2) is 22.7 Å². The van der Waals surface area contributed by atoms with Gasteiger partial charge in [0.15, 0.2) is 6.61 Å². The molecule has 156 valence electrons. The number of hydrogen-bond donors (Lipinski definition) is 2. The molecule has 0 heterocycles. The zero-order chi connectivity index (χ0) is 20.6. The van der Waals surface area contributed by atoms with Crippen LogP contribution >= 0.6 is 15.9 Å². The minimum Gasteiger partial charge on any atom is -0.455 e. The second kappa shape index (κ2) is 8.09. The predicted octanol–water partition coefficient (Wildman–Crippen LogP) is 3.57. The van der Waals surface area contributed by atoms with E-state index in [4.69, 9.17) is 4.74 Å². The van der Waals surface area contributed by atoms with Crippen LogP contribution in [0, 0.1) is 30.1 Å². The van der Waals surface area contributed by atoms with Crippen molar-refractivity contribution in [2.24, 2.45) is 23.2 Å². The standard InChI is InChI=1S/C22H27BrN2O4/c1-13-4-17(23)2-3-18(13)25-19(26)11-24-20(27)12-29-21(28)22-8-14-5-15(9-22)7-16(6-14)10-22/h2-4,14-16H,5-12H2,1H3,(H,24,27)(H,25,26). The van der Waals surface area contributed by atoms with Gasteiger partial charge in [-0.2, -0.15) is 0 Å². The first kappa shape index (κ1) is 20.4. The van der Waals surface area contributed by atoms with Gasteiger partial charge in [-0.15, -0.1) is 0 Å². The van der Waals surface area contributed by atoms with Gasteiger partial charge in [-0.05, 0) is 87.0 Å². The molecule has 0 spiro atoms. The highest BCUT2D eigenvalue weighted by Gasteiger charge is 2.55. The molecule has 2 amide bonds. The van der Waals surface area contributed by atoms with Crippen molar-refractivity contribution >= 4 is 39.4 Å². The molecule has 4 aliphatic carbocycles. The molecule has 4 fully saturated rings. The zero-order valence-corrected chi connectivity index (χ0v) is 18.2. The molecule has 6 nitrogen and oxygen atoms in total. The monoisotopic (exact) mass is 462 g/mol. The van der Waals surface area contributed by atoms with E-state index in [9.17, 15) is 14.4 Å². The SMILES string of the molecule is Cc1cc(Br)ccc1NC(=O)CNC(=O)COC(=O)C12CC3CC(CC(C3)C1)C2. The number of amides is 2. The Balaban J connectivity index is 1.22. The number of aryl methyl sites for hydroxylation is 1. The van der Waals surface area contributed by atoms with Gasteiger partial charge in [0.25, 0.3) is 5.91 Å². The van der Waals surface area contributed by atoms with Crippen molar-refractivity contribution in [3.05, 3.63) is 28.2 Å². The Bertz CT molecular complexity index is 803. The molecule has 29 heavy (non-hydrogen) atoms. The summed E-state index contributed by atoms with van der Waals surface area (Å²) in [7, 11) is 0. The second-order valence-electron chi connectivity index (χ2n) is 9.06. The van der Waals surface area contributed by atoms with Gasteiger partial charge in [0.1, 0.15) is 0 Å². The van der Waals surface area contributed by atoms with Gasteiger partial charge in [0.2, 0.25) is 5.91 Å². The van der Waals surface area contributed by atoms with E-state index in [1.54, 1.807) is 6.07 Å². The largest absolute Gasteiger partial charge is 0.455 e. The lowest BCUT2D eigenvalue weighted by Crippen LogP contribution is -2.51. The Morgan fingerprint density at radius 3 is 2.28 bits per heavy atom. The van der Waals surface area contributed by atoms with E-state index in [2.05, 4.69) is 26.6 Å². The molecule has 0 atom stereocenters. The quantitative estimate of drug-likeness (QED) is 0.632. The molecule has 7 heteroatoms. The second-order valence-corrected chi connectivity index (χ2v) is 9.97. The highest BCUT2D eigenvalue weighted by molar-refractivity contribution is 9.10. The first-order chi connectivity index (χ1) is 13.8. The number of carbonyl (C=O) groups excluding carboxylic acids is 3. The van der Waals surface area contributed by atoms with E-state index >= 15 is 0 Å². The van der Waals surface area contributed by atoms with E-state index in [1.165, 1.54) is 19.3 Å². The third-order valence-electron chi connectivity index (χ3n) is 6.71. The number of benzene rings is 1. The third-order valence-corrected chi connectivity index (χ3v) is 7.21. The van der Waals surface area contributed by atoms with Crippen molar-refractivity contribution in [3.63, 3.8) is 0 Å². The van der Waals surface area contributed by atoms with Gasteiger partial charge in [-0.25, -0.2) is 0 Å². The molecule has 1 aromatic rings. The van der Waals surface area contributed by atoms with Gasteiger partial charge < -0.3 is 15.4 Å². The molecule has 0 aliphatic heterocycles. The highest BCUT2D eigenvalue weighted by Crippen LogP contribution is 2.60. The third kappa shape index (κ3) is 4.49. The van der Waals surface area contributed by atoms with Gasteiger partial charge in [-0.3, -0.25) is 14.4 Å². The smallest absolute Gasteiger partial charge is 0.312 e. The summed E-state index contributed by atoms with van der Waals surface area (Å²) in [6.07, 6.45) is 6.48. The van der Waals surface area contributed by atoms with E-state index in [-0.39, 0.29) is 30.4 Å². The normalized spacial score (nSPS) is 29.4. The molecule has 0 unspecified atom stereocenters. The first-order valence-electron chi connectivity index (χ1n) is 10.3. The predicted molar refractivity (Wildman–Crippen MR) is 112 cm³/mol. The van der Waals surface area contributed by atoms with Crippen LogP contribution in [0.4, 0.5) is 5.69 Å². The molecule has 0 radical (unpaired) electrons. The van der Waals surface area contributed by atoms with Crippen LogP contribution in [0.5, 0.6) is 0 Å². The topological polar surface area (TPSA) is 84.5 Å². The van der Waals surface area contributed by atoms with E-state index < -0.39 is 5.91 Å². The molecular weight excluding hydrogens is 436 g/mol. The average Bonchev–Trinajstić information content (AvgIpc) is 2.65. The summed E-state index contributed by atoms with van der Waals surface area (Å²) in [5.74, 6) is 0.943. The molecule has 2 N–H and O–H groups in total. The molecule has 1 aromatic carbocycles. The summed E-state index contributed by atoms with van der Waals surface area (Å²) in [6, 6.07) is 5.54. The Morgan fingerprint density at radius 2 is 1.69 bits per heavy atom. The zero-order valence-electron chi connectivity index (χ0n) is 16.6. The number of esters is 1. The minimum absolute atomic E-state index is 0.163. The lowest BCUT2D eigenvalue weighted by Gasteiger charge is -2.55. The molecule has 4 saturated carbocycles. The maximum absolute atomic E-state index is 12.8. The van der Waals surface area contributed by atoms with Crippen molar-refractivity contribution in [1.29, 1.82) is 0 Å². The van der Waals surface area contributed by atoms with Crippen LogP contribution in [0.1, 0.15) is 44.1 Å². The number of anilines is 1. The Labute approximate surface area is 179 Å². The fourth-order valence-electron chi connectivity index (χ4n) is 5.84. The molecular formula is C22H27BrN2O4. The molecule has 4 aliphatic rings. The van der Waals surface area contributed by atoms with Crippen LogP contribution in [0.2, 0.25) is 0 Å². The number of hydrogen-bond acceptors (Lipinski definition) is 4. The Kier molecular flexibility index (Phi) is 5.69. The van der Waals surface area contributed by atoms with Crippen molar-refractivity contribution in [3.8, 4) is 0 Å². The molecule has 5 rings (SSSR count). The van der Waals surface area contributed by atoms with Crippen LogP contribution in [-0.2, 0) is 19.1 Å². The molecule has 0 aromatic heterocycles. The summed E-state index contributed by atoms with van der Waals surface area (Å²) < 4.78 is 6.32. The number of ether oxygens (including phenoxy) is 1. The van der Waals surface area contributed by atoms with Crippen molar-refractivity contribution < 1.29 is 19.1 Å². The summed E-state index contributed by atoms with van der Waals surface area (Å²) in [5.41, 5.74) is 1.25. The summed E-state index contributed by atoms with van der Waals surface area (Å²) in [6.45, 7) is 1.40. The minimum atomic E-state index is -0.453. The van der Waals surface area contributed by atoms with Crippen molar-refractivity contribution in [2.75, 3.05) is 18.5 Å². The lowest BCUT2D eigenvalue weighted by atomic mass is 9.49. The number of halogens is 1. The Morgan fingerprint density at radius 1 is 1.07 bits per heavy atom. The maximum Gasteiger partial charge on any atom is 0.312 e. The average molecular weight is 463 g/mol. The number of rotatable bonds is 6. The van der Waals surface area contributed by atoms with Crippen molar-refractivity contribution in [2.45, 2.75) is 45.4 Å². The summed E-state index contributed by atoms with van der Waals surface area (Å²) in [5, 5.41) is 5.29. The summed E-state index contributed by atoms with van der Waals surface area (Å²) in [4.78, 5) is 36.9. The van der Waals surface area contributed by atoms with E-state index in [1.807, 2.05) is 19.1 Å². The van der Waals surface area contributed by atoms with Gasteiger partial charge in [-0.1, -0.05) is 15.9 Å². The lowest BCUT2D eigenvalue weighted by molar-refractivity contribution is -0.173. The van der Waals surface area contributed by atoms with E-state index in [0.29, 0.717) is 23.4 Å². The fourth-order valence-corrected chi connectivity index (χ4v) is 6.31. The van der Waals surface area contributed by atoms with Gasteiger partial charge in [0, 0.05) is 10.2 Å². The Hall–Kier alpha value is -1.89. The van der Waals surface area contributed by atoms with Crippen LogP contribution in [0.3, 0.4) is 0 Å². The first-order valence-corrected chi connectivity index (χ1v) is 11.1. The van der Waals surface area contributed by atoms with E-state index in [0.717, 1.165) is 29.3 Å². The van der Waals surface area contributed by atoms with Crippen LogP contribution < -0.4 is 10.6 Å². The number of nitrogens with one attached hydrogen (secondary N) is 2. The fraction of sp³-hybridized carbons (Fsp3) is 0.591. The van der Waals surface area contributed by atoms with Crippen molar-refractivity contribution in [1.82, 2.24) is 5.32 Å². The molecule has 4 bridgehead atoms. The van der Waals surface area contributed by atoms with Crippen LogP contribution in [-0.4, -0.2) is 30.9 Å². The highest BCUT2D eigenvalue weighted by atomic mass is 79.9. The van der Waals surface area contributed by atoms with Gasteiger partial charge >= 0.3 is 5.97 Å². The number of carbonyl (C=O) groups is 3.